The van der Waals surface area contributed by atoms with Crippen molar-refractivity contribution in [2.75, 3.05) is 43.4 Å². The van der Waals surface area contributed by atoms with Gasteiger partial charge in [0.1, 0.15) is 17.1 Å². The van der Waals surface area contributed by atoms with E-state index in [-0.39, 0.29) is 48.9 Å². The summed E-state index contributed by atoms with van der Waals surface area (Å²) in [4.78, 5) is 44.9. The third kappa shape index (κ3) is 6.56. The molecule has 14 heteroatoms. The lowest BCUT2D eigenvalue weighted by Crippen LogP contribution is -2.55. The Bertz CT molecular complexity index is 1570. The van der Waals surface area contributed by atoms with Crippen molar-refractivity contribution in [1.82, 2.24) is 14.8 Å². The summed E-state index contributed by atoms with van der Waals surface area (Å²) in [5, 5.41) is 2.27. The topological polar surface area (TPSA) is 98.0 Å². The first kappa shape index (κ1) is 32.5. The molecule has 0 radical (unpaired) electrons. The SMILES string of the molecule is CC1CN(c2cc(F)c(C3=CCN(C(=O)OC4(C)CCC4)CC3)c(F)c2NC(=O)c2c[nH]c(=O)cc2C(F)(F)F)CC(C)N1C. The number of pyridine rings is 1. The van der Waals surface area contributed by atoms with Crippen molar-refractivity contribution in [1.29, 1.82) is 0 Å². The number of halogens is 5. The van der Waals surface area contributed by atoms with Gasteiger partial charge in [0.15, 0.2) is 5.82 Å². The van der Waals surface area contributed by atoms with Crippen LogP contribution in [0.25, 0.3) is 5.57 Å². The van der Waals surface area contributed by atoms with Crippen LogP contribution in [0.4, 0.5) is 38.1 Å². The third-order valence-corrected chi connectivity index (χ3v) is 9.14. The average molecular weight is 638 g/mol. The number of aromatic amines is 1. The predicted octanol–water partition coefficient (Wildman–Crippen LogP) is 5.62. The predicted molar refractivity (Wildman–Crippen MR) is 158 cm³/mol. The Labute approximate surface area is 257 Å². The van der Waals surface area contributed by atoms with Crippen LogP contribution in [0.15, 0.2) is 29.2 Å². The second kappa shape index (κ2) is 12.1. The maximum atomic E-state index is 16.5. The number of hydrogen-bond donors (Lipinski definition) is 2. The number of amides is 2. The molecule has 244 valence electrons. The molecule has 2 atom stereocenters. The van der Waals surface area contributed by atoms with Crippen molar-refractivity contribution < 1.29 is 36.3 Å². The number of alkyl halides is 3. The van der Waals surface area contributed by atoms with Gasteiger partial charge >= 0.3 is 12.3 Å². The van der Waals surface area contributed by atoms with Gasteiger partial charge in [-0.05, 0) is 59.1 Å². The molecule has 2 unspecified atom stereocenters. The van der Waals surface area contributed by atoms with Gasteiger partial charge in [0.25, 0.3) is 5.91 Å². The van der Waals surface area contributed by atoms with Crippen molar-refractivity contribution in [3.05, 3.63) is 63.1 Å². The average Bonchev–Trinajstić information content (AvgIpc) is 2.95. The molecule has 2 fully saturated rings. The Morgan fingerprint density at radius 1 is 1.11 bits per heavy atom. The molecule has 2 aliphatic heterocycles. The minimum absolute atomic E-state index is 0.0257. The fraction of sp³-hybridized carbons (Fsp3) is 0.516. The molecule has 1 aromatic carbocycles. The van der Waals surface area contributed by atoms with Gasteiger partial charge in [0.05, 0.1) is 22.4 Å². The molecule has 0 bridgehead atoms. The Hall–Kier alpha value is -3.94. The summed E-state index contributed by atoms with van der Waals surface area (Å²) >= 11 is 0. The Balaban J connectivity index is 1.52. The summed E-state index contributed by atoms with van der Waals surface area (Å²) in [6.07, 6.45) is -0.877. The van der Waals surface area contributed by atoms with E-state index in [1.807, 2.05) is 27.8 Å². The number of carbonyl (C=O) groups excluding carboxylic acids is 2. The van der Waals surface area contributed by atoms with E-state index in [9.17, 15) is 27.6 Å². The first-order valence-electron chi connectivity index (χ1n) is 14.9. The fourth-order valence-corrected chi connectivity index (χ4v) is 6.06. The molecule has 9 nitrogen and oxygen atoms in total. The largest absolute Gasteiger partial charge is 0.443 e. The standard InChI is InChI=1S/C31H36F5N5O4/c1-17-15-41(16-18(2)39(17)4)23-13-22(32)25(19-6-10-40(11-7-19)29(44)45-30(3)8-5-9-30)26(33)27(23)38-28(43)20-14-37-24(42)12-21(20)31(34,35)36/h6,12-14,17-18H,5,7-11,15-16H2,1-4H3,(H,37,42)(H,38,43). The molecular weight excluding hydrogens is 601 g/mol. The van der Waals surface area contributed by atoms with Crippen molar-refractivity contribution in [3.8, 4) is 0 Å². The molecule has 3 aliphatic rings. The minimum atomic E-state index is -5.05. The highest BCUT2D eigenvalue weighted by Crippen LogP contribution is 2.40. The highest BCUT2D eigenvalue weighted by Gasteiger charge is 2.39. The maximum Gasteiger partial charge on any atom is 0.417 e. The zero-order valence-electron chi connectivity index (χ0n) is 25.5. The summed E-state index contributed by atoms with van der Waals surface area (Å²) in [5.41, 5.74) is -4.72. The van der Waals surface area contributed by atoms with E-state index in [4.69, 9.17) is 4.74 Å². The molecule has 1 saturated carbocycles. The summed E-state index contributed by atoms with van der Waals surface area (Å²) in [5.74, 6) is -3.40. The molecule has 0 spiro atoms. The lowest BCUT2D eigenvalue weighted by molar-refractivity contribution is -0.138. The number of piperazine rings is 1. The molecular formula is C31H36F5N5O4. The zero-order valence-corrected chi connectivity index (χ0v) is 25.5. The van der Waals surface area contributed by atoms with E-state index in [0.29, 0.717) is 19.3 Å². The second-order valence-electron chi connectivity index (χ2n) is 12.4. The van der Waals surface area contributed by atoms with Crippen molar-refractivity contribution in [2.45, 2.75) is 70.3 Å². The number of benzene rings is 1. The number of likely N-dealkylation sites (N-methyl/N-ethyl adjacent to an activating group) is 1. The van der Waals surface area contributed by atoms with Gasteiger partial charge in [-0.2, -0.15) is 13.2 Å². The lowest BCUT2D eigenvalue weighted by Gasteiger charge is -2.44. The Morgan fingerprint density at radius 3 is 2.33 bits per heavy atom. The van der Waals surface area contributed by atoms with Crippen LogP contribution < -0.4 is 15.8 Å². The smallest absolute Gasteiger partial charge is 0.417 e. The first-order valence-corrected chi connectivity index (χ1v) is 14.9. The number of nitrogens with one attached hydrogen (secondary N) is 2. The van der Waals surface area contributed by atoms with E-state index in [1.165, 1.54) is 11.0 Å². The fourth-order valence-electron chi connectivity index (χ4n) is 6.06. The first-order chi connectivity index (χ1) is 21.1. The number of H-pyrrole nitrogens is 1. The molecule has 1 aromatic heterocycles. The third-order valence-electron chi connectivity index (χ3n) is 9.14. The van der Waals surface area contributed by atoms with Gasteiger partial charge in [-0.3, -0.25) is 14.5 Å². The van der Waals surface area contributed by atoms with Gasteiger partial charge in [-0.1, -0.05) is 6.08 Å². The summed E-state index contributed by atoms with van der Waals surface area (Å²) in [6, 6.07) is 1.23. The van der Waals surface area contributed by atoms with Gasteiger partial charge in [-0.15, -0.1) is 0 Å². The van der Waals surface area contributed by atoms with Gasteiger partial charge in [0.2, 0.25) is 5.56 Å². The number of ether oxygens (including phenoxy) is 1. The van der Waals surface area contributed by atoms with Crippen LogP contribution in [0.2, 0.25) is 0 Å². The molecule has 2 N–H and O–H groups in total. The number of hydrogen-bond acceptors (Lipinski definition) is 6. The zero-order chi connectivity index (χ0) is 32.8. The monoisotopic (exact) mass is 637 g/mol. The summed E-state index contributed by atoms with van der Waals surface area (Å²) in [7, 11) is 1.91. The van der Waals surface area contributed by atoms with Gasteiger partial charge in [0, 0.05) is 56.6 Å². The van der Waals surface area contributed by atoms with Crippen molar-refractivity contribution >= 4 is 28.9 Å². The van der Waals surface area contributed by atoms with E-state index in [0.717, 1.165) is 25.3 Å². The summed E-state index contributed by atoms with van der Waals surface area (Å²) in [6.45, 7) is 6.52. The molecule has 2 amide bonds. The minimum Gasteiger partial charge on any atom is -0.443 e. The Morgan fingerprint density at radius 2 is 1.78 bits per heavy atom. The number of carbonyl (C=O) groups is 2. The lowest BCUT2D eigenvalue weighted by atomic mass is 9.82. The van der Waals surface area contributed by atoms with E-state index in [1.54, 1.807) is 4.90 Å². The number of rotatable bonds is 5. The van der Waals surface area contributed by atoms with Gasteiger partial charge in [-0.25, -0.2) is 13.6 Å². The van der Waals surface area contributed by atoms with Crippen LogP contribution >= 0.6 is 0 Å². The van der Waals surface area contributed by atoms with E-state index >= 15 is 8.78 Å². The van der Waals surface area contributed by atoms with Crippen LogP contribution in [0.5, 0.6) is 0 Å². The van der Waals surface area contributed by atoms with E-state index in [2.05, 4.69) is 15.2 Å². The number of anilines is 2. The number of nitrogens with zero attached hydrogens (tertiary/aromatic N) is 3. The quantitative estimate of drug-likeness (QED) is 0.413. The highest BCUT2D eigenvalue weighted by molar-refractivity contribution is 6.07. The van der Waals surface area contributed by atoms with E-state index < -0.39 is 63.3 Å². The maximum absolute atomic E-state index is 16.5. The normalized spacial score (nSPS) is 22.0. The van der Waals surface area contributed by atoms with Crippen LogP contribution in [0.1, 0.15) is 67.9 Å². The molecule has 1 aliphatic carbocycles. The highest BCUT2D eigenvalue weighted by atomic mass is 19.4. The molecule has 45 heavy (non-hydrogen) atoms. The molecule has 1 saturated heterocycles. The van der Waals surface area contributed by atoms with Crippen LogP contribution in [-0.4, -0.2) is 77.7 Å². The number of aromatic nitrogens is 1. The Kier molecular flexibility index (Phi) is 8.73. The van der Waals surface area contributed by atoms with Gasteiger partial charge < -0.3 is 24.8 Å². The molecule has 3 heterocycles. The van der Waals surface area contributed by atoms with Crippen LogP contribution in [-0.2, 0) is 10.9 Å². The van der Waals surface area contributed by atoms with Crippen molar-refractivity contribution in [2.24, 2.45) is 0 Å². The van der Waals surface area contributed by atoms with Crippen molar-refractivity contribution in [3.63, 3.8) is 0 Å². The molecule has 2 aromatic rings. The van der Waals surface area contributed by atoms with Crippen LogP contribution in [0, 0.1) is 11.6 Å². The molecule has 5 rings (SSSR count). The summed E-state index contributed by atoms with van der Waals surface area (Å²) < 4.78 is 79.2. The van der Waals surface area contributed by atoms with Crippen LogP contribution in [0.3, 0.4) is 0 Å². The second-order valence-corrected chi connectivity index (χ2v) is 12.4.